The van der Waals surface area contributed by atoms with Gasteiger partial charge in [0.25, 0.3) is 0 Å². The molecule has 1 atom stereocenters. The molecule has 1 aliphatic rings. The van der Waals surface area contributed by atoms with Gasteiger partial charge in [-0.15, -0.1) is 6.58 Å². The van der Waals surface area contributed by atoms with Crippen LogP contribution in [-0.2, 0) is 9.59 Å². The molecule has 5 nitrogen and oxygen atoms in total. The molecule has 2 amide bonds. The lowest BCUT2D eigenvalue weighted by Crippen LogP contribution is -2.46. The molecule has 0 bridgehead atoms. The summed E-state index contributed by atoms with van der Waals surface area (Å²) in [7, 11) is 0. The smallest absolute Gasteiger partial charge is 0.237 e. The minimum absolute atomic E-state index is 0.111. The SMILES string of the molecule is C=CCC1(CNC(=O)[C@@H](N)CC(N)=O)CCCC1. The Bertz CT molecular complexity index is 322. The molecule has 0 radical (unpaired) electrons. The summed E-state index contributed by atoms with van der Waals surface area (Å²) in [5, 5.41) is 2.84. The Morgan fingerprint density at radius 2 is 2.00 bits per heavy atom. The third kappa shape index (κ3) is 4.14. The fraction of sp³-hybridized carbons (Fsp3) is 0.692. The van der Waals surface area contributed by atoms with Gasteiger partial charge in [0.15, 0.2) is 0 Å². The van der Waals surface area contributed by atoms with Crippen molar-refractivity contribution in [1.82, 2.24) is 5.32 Å². The van der Waals surface area contributed by atoms with E-state index in [1.807, 2.05) is 6.08 Å². The summed E-state index contributed by atoms with van der Waals surface area (Å²) >= 11 is 0. The highest BCUT2D eigenvalue weighted by atomic mass is 16.2. The van der Waals surface area contributed by atoms with Crippen LogP contribution in [0.15, 0.2) is 12.7 Å². The number of hydrogen-bond acceptors (Lipinski definition) is 3. The van der Waals surface area contributed by atoms with Gasteiger partial charge in [0, 0.05) is 6.54 Å². The van der Waals surface area contributed by atoms with Gasteiger partial charge in [0.05, 0.1) is 12.5 Å². The maximum atomic E-state index is 11.7. The Hall–Kier alpha value is -1.36. The summed E-state index contributed by atoms with van der Waals surface area (Å²) < 4.78 is 0. The molecule has 1 aliphatic carbocycles. The quantitative estimate of drug-likeness (QED) is 0.574. The Kier molecular flexibility index (Phi) is 5.34. The molecule has 0 saturated heterocycles. The summed E-state index contributed by atoms with van der Waals surface area (Å²) in [6.45, 7) is 4.37. The van der Waals surface area contributed by atoms with Crippen LogP contribution in [0.1, 0.15) is 38.5 Å². The highest BCUT2D eigenvalue weighted by Crippen LogP contribution is 2.40. The number of rotatable bonds is 7. The minimum Gasteiger partial charge on any atom is -0.370 e. The second-order valence-electron chi connectivity index (χ2n) is 5.19. The lowest BCUT2D eigenvalue weighted by Gasteiger charge is -2.28. The number of nitrogens with two attached hydrogens (primary N) is 2. The molecule has 5 N–H and O–H groups in total. The summed E-state index contributed by atoms with van der Waals surface area (Å²) in [6.07, 6.45) is 7.28. The van der Waals surface area contributed by atoms with E-state index in [1.54, 1.807) is 0 Å². The normalized spacial score (nSPS) is 19.2. The number of amides is 2. The van der Waals surface area contributed by atoms with Crippen LogP contribution in [0.3, 0.4) is 0 Å². The molecule has 0 aliphatic heterocycles. The fourth-order valence-electron chi connectivity index (χ4n) is 2.60. The molecule has 5 heteroatoms. The third-order valence-corrected chi connectivity index (χ3v) is 3.64. The minimum atomic E-state index is -0.843. The first-order chi connectivity index (χ1) is 8.49. The van der Waals surface area contributed by atoms with Crippen LogP contribution in [0.5, 0.6) is 0 Å². The largest absolute Gasteiger partial charge is 0.370 e. The molecule has 1 rings (SSSR count). The van der Waals surface area contributed by atoms with Gasteiger partial charge in [-0.05, 0) is 24.7 Å². The van der Waals surface area contributed by atoms with Gasteiger partial charge in [-0.2, -0.15) is 0 Å². The van der Waals surface area contributed by atoms with Crippen molar-refractivity contribution in [2.45, 2.75) is 44.6 Å². The topological polar surface area (TPSA) is 98.2 Å². The summed E-state index contributed by atoms with van der Waals surface area (Å²) in [6, 6.07) is -0.843. The zero-order valence-corrected chi connectivity index (χ0v) is 10.8. The molecule has 1 saturated carbocycles. The standard InChI is InChI=1S/C13H23N3O2/c1-2-5-13(6-3-4-7-13)9-16-12(18)10(14)8-11(15)17/h2,10H,1,3-9,14H2,(H2,15,17)(H,16,18)/t10-/m0/s1. The average Bonchev–Trinajstić information content (AvgIpc) is 2.74. The first-order valence-corrected chi connectivity index (χ1v) is 6.41. The molecular formula is C13H23N3O2. The predicted molar refractivity (Wildman–Crippen MR) is 70.5 cm³/mol. The van der Waals surface area contributed by atoms with Crippen LogP contribution >= 0.6 is 0 Å². The molecule has 0 heterocycles. The average molecular weight is 253 g/mol. The van der Waals surface area contributed by atoms with Crippen LogP contribution in [0.25, 0.3) is 0 Å². The third-order valence-electron chi connectivity index (χ3n) is 3.64. The van der Waals surface area contributed by atoms with Gasteiger partial charge < -0.3 is 16.8 Å². The van der Waals surface area contributed by atoms with E-state index >= 15 is 0 Å². The molecule has 18 heavy (non-hydrogen) atoms. The predicted octanol–water partition coefficient (Wildman–Crippen LogP) is 0.442. The fourth-order valence-corrected chi connectivity index (χ4v) is 2.60. The Balaban J connectivity index is 2.44. The van der Waals surface area contributed by atoms with Crippen molar-refractivity contribution < 1.29 is 9.59 Å². The van der Waals surface area contributed by atoms with E-state index in [1.165, 1.54) is 12.8 Å². The van der Waals surface area contributed by atoms with Crippen LogP contribution in [-0.4, -0.2) is 24.4 Å². The zero-order chi connectivity index (χ0) is 13.6. The van der Waals surface area contributed by atoms with Crippen molar-refractivity contribution in [2.75, 3.05) is 6.54 Å². The molecule has 0 aromatic heterocycles. The van der Waals surface area contributed by atoms with Crippen LogP contribution in [0, 0.1) is 5.41 Å². The lowest BCUT2D eigenvalue weighted by molar-refractivity contribution is -0.126. The van der Waals surface area contributed by atoms with Crippen molar-refractivity contribution in [1.29, 1.82) is 0 Å². The van der Waals surface area contributed by atoms with E-state index in [9.17, 15) is 9.59 Å². The Morgan fingerprint density at radius 3 is 2.50 bits per heavy atom. The van der Waals surface area contributed by atoms with Gasteiger partial charge in [-0.1, -0.05) is 18.9 Å². The Morgan fingerprint density at radius 1 is 1.39 bits per heavy atom. The molecule has 0 unspecified atom stereocenters. The lowest BCUT2D eigenvalue weighted by atomic mass is 9.82. The van der Waals surface area contributed by atoms with Crippen LogP contribution in [0.4, 0.5) is 0 Å². The number of primary amides is 1. The van der Waals surface area contributed by atoms with Crippen LogP contribution in [0.2, 0.25) is 0 Å². The van der Waals surface area contributed by atoms with E-state index in [0.29, 0.717) is 6.54 Å². The number of hydrogen-bond donors (Lipinski definition) is 3. The first kappa shape index (κ1) is 14.7. The van der Waals surface area contributed by atoms with Gasteiger partial charge >= 0.3 is 0 Å². The van der Waals surface area contributed by atoms with E-state index in [-0.39, 0.29) is 17.7 Å². The summed E-state index contributed by atoms with van der Waals surface area (Å²) in [4.78, 5) is 22.4. The molecular weight excluding hydrogens is 230 g/mol. The Labute approximate surface area is 108 Å². The van der Waals surface area contributed by atoms with Crippen molar-refractivity contribution in [3.8, 4) is 0 Å². The number of allylic oxidation sites excluding steroid dienone is 1. The number of carbonyl (C=O) groups is 2. The van der Waals surface area contributed by atoms with E-state index in [4.69, 9.17) is 11.5 Å². The molecule has 0 aromatic rings. The molecule has 0 aromatic carbocycles. The van der Waals surface area contributed by atoms with Crippen molar-refractivity contribution in [3.63, 3.8) is 0 Å². The van der Waals surface area contributed by atoms with Gasteiger partial charge in [-0.25, -0.2) is 0 Å². The molecule has 102 valence electrons. The maximum absolute atomic E-state index is 11.7. The van der Waals surface area contributed by atoms with E-state index in [0.717, 1.165) is 19.3 Å². The zero-order valence-electron chi connectivity index (χ0n) is 10.8. The van der Waals surface area contributed by atoms with Gasteiger partial charge in [0.2, 0.25) is 11.8 Å². The first-order valence-electron chi connectivity index (χ1n) is 6.41. The maximum Gasteiger partial charge on any atom is 0.237 e. The van der Waals surface area contributed by atoms with Gasteiger partial charge in [-0.3, -0.25) is 9.59 Å². The van der Waals surface area contributed by atoms with Crippen molar-refractivity contribution in [3.05, 3.63) is 12.7 Å². The highest BCUT2D eigenvalue weighted by molar-refractivity contribution is 5.87. The van der Waals surface area contributed by atoms with E-state index < -0.39 is 11.9 Å². The second-order valence-corrected chi connectivity index (χ2v) is 5.19. The van der Waals surface area contributed by atoms with Crippen LogP contribution < -0.4 is 16.8 Å². The highest BCUT2D eigenvalue weighted by Gasteiger charge is 2.33. The second kappa shape index (κ2) is 6.54. The van der Waals surface area contributed by atoms with E-state index in [2.05, 4.69) is 11.9 Å². The molecule has 1 fully saturated rings. The summed E-state index contributed by atoms with van der Waals surface area (Å²) in [5.74, 6) is -0.858. The van der Waals surface area contributed by atoms with Crippen molar-refractivity contribution in [2.24, 2.45) is 16.9 Å². The summed E-state index contributed by atoms with van der Waals surface area (Å²) in [5.41, 5.74) is 10.7. The molecule has 0 spiro atoms. The number of nitrogens with one attached hydrogen (secondary N) is 1. The van der Waals surface area contributed by atoms with Gasteiger partial charge in [0.1, 0.15) is 0 Å². The van der Waals surface area contributed by atoms with Crippen molar-refractivity contribution >= 4 is 11.8 Å². The number of carbonyl (C=O) groups excluding carboxylic acids is 2. The monoisotopic (exact) mass is 253 g/mol.